The van der Waals surface area contributed by atoms with E-state index >= 15 is 0 Å². The van der Waals surface area contributed by atoms with Crippen molar-refractivity contribution in [2.45, 2.75) is 25.9 Å². The molecule has 0 bridgehead atoms. The molecule has 0 aromatic heterocycles. The third-order valence-corrected chi connectivity index (χ3v) is 2.65. The van der Waals surface area contributed by atoms with Crippen LogP contribution in [0.25, 0.3) is 0 Å². The highest BCUT2D eigenvalue weighted by atomic mass is 16.5. The van der Waals surface area contributed by atoms with E-state index in [4.69, 9.17) is 15.2 Å². The number of rotatable bonds is 6. The van der Waals surface area contributed by atoms with Crippen molar-refractivity contribution in [2.75, 3.05) is 39.4 Å². The molecule has 0 radical (unpaired) electrons. The smallest absolute Gasteiger partial charge is 0.305 e. The number of carbonyl (C=O) groups excluding carboxylic acids is 1. The van der Waals surface area contributed by atoms with Gasteiger partial charge in [0.25, 0.3) is 0 Å². The number of nitrogens with two attached hydrogens (primary N) is 1. The second-order valence-electron chi connectivity index (χ2n) is 3.94. The van der Waals surface area contributed by atoms with Gasteiger partial charge in [-0.1, -0.05) is 0 Å². The van der Waals surface area contributed by atoms with Crippen LogP contribution in [0.1, 0.15) is 19.8 Å². The fraction of sp³-hybridized carbons (Fsp3) is 0.909. The first-order chi connectivity index (χ1) is 7.76. The largest absolute Gasteiger partial charge is 0.466 e. The van der Waals surface area contributed by atoms with E-state index in [1.807, 2.05) is 6.92 Å². The van der Waals surface area contributed by atoms with E-state index < -0.39 is 0 Å². The Balaban J connectivity index is 2.10. The summed E-state index contributed by atoms with van der Waals surface area (Å²) in [5.41, 5.74) is 5.56. The van der Waals surface area contributed by atoms with Crippen molar-refractivity contribution in [1.82, 2.24) is 4.90 Å². The van der Waals surface area contributed by atoms with Crippen LogP contribution in [-0.4, -0.2) is 56.4 Å². The molecule has 0 amide bonds. The van der Waals surface area contributed by atoms with Gasteiger partial charge >= 0.3 is 5.97 Å². The molecule has 0 aromatic carbocycles. The van der Waals surface area contributed by atoms with Crippen LogP contribution in [0.3, 0.4) is 0 Å². The summed E-state index contributed by atoms with van der Waals surface area (Å²) in [7, 11) is 0. The van der Waals surface area contributed by atoms with Gasteiger partial charge in [-0.05, 0) is 19.9 Å². The summed E-state index contributed by atoms with van der Waals surface area (Å²) in [6.07, 6.45) is 1.49. The number of morpholine rings is 1. The number of hydrogen-bond acceptors (Lipinski definition) is 5. The molecule has 0 aromatic rings. The molecule has 1 aliphatic heterocycles. The number of esters is 1. The molecule has 5 heteroatoms. The van der Waals surface area contributed by atoms with E-state index in [1.54, 1.807) is 0 Å². The Morgan fingerprint density at radius 2 is 2.44 bits per heavy atom. The van der Waals surface area contributed by atoms with Crippen LogP contribution in [0.15, 0.2) is 0 Å². The van der Waals surface area contributed by atoms with E-state index in [2.05, 4.69) is 4.90 Å². The minimum Gasteiger partial charge on any atom is -0.466 e. The third kappa shape index (κ3) is 4.92. The van der Waals surface area contributed by atoms with Gasteiger partial charge in [-0.25, -0.2) is 0 Å². The maximum Gasteiger partial charge on any atom is 0.305 e. The molecule has 16 heavy (non-hydrogen) atoms. The zero-order valence-corrected chi connectivity index (χ0v) is 9.98. The molecule has 1 aliphatic rings. The highest BCUT2D eigenvalue weighted by Gasteiger charge is 2.18. The van der Waals surface area contributed by atoms with Crippen LogP contribution in [0.4, 0.5) is 0 Å². The number of nitrogens with zero attached hydrogens (tertiary/aromatic N) is 1. The van der Waals surface area contributed by atoms with E-state index in [0.717, 1.165) is 32.7 Å². The Labute approximate surface area is 96.9 Å². The van der Waals surface area contributed by atoms with Crippen LogP contribution in [0.2, 0.25) is 0 Å². The maximum atomic E-state index is 11.1. The van der Waals surface area contributed by atoms with Gasteiger partial charge in [0.2, 0.25) is 0 Å². The molecule has 0 spiro atoms. The maximum absolute atomic E-state index is 11.1. The first kappa shape index (κ1) is 13.4. The Kier molecular flexibility index (Phi) is 6.37. The molecule has 0 aliphatic carbocycles. The first-order valence-corrected chi connectivity index (χ1v) is 5.96. The standard InChI is InChI=1S/C11H22N2O3/c1-2-15-11(14)4-3-5-13-6-7-16-10(8-12)9-13/h10H,2-9,12H2,1H3/t10-/m1/s1. The topological polar surface area (TPSA) is 64.8 Å². The van der Waals surface area contributed by atoms with E-state index in [1.165, 1.54) is 0 Å². The molecular weight excluding hydrogens is 208 g/mol. The molecule has 94 valence electrons. The van der Waals surface area contributed by atoms with E-state index in [0.29, 0.717) is 19.6 Å². The zero-order valence-electron chi connectivity index (χ0n) is 9.98. The van der Waals surface area contributed by atoms with Gasteiger partial charge < -0.3 is 15.2 Å². The average molecular weight is 230 g/mol. The van der Waals surface area contributed by atoms with Gasteiger partial charge in [0.1, 0.15) is 0 Å². The molecule has 0 saturated carbocycles. The van der Waals surface area contributed by atoms with Gasteiger partial charge in [-0.3, -0.25) is 9.69 Å². The summed E-state index contributed by atoms with van der Waals surface area (Å²) in [4.78, 5) is 13.4. The highest BCUT2D eigenvalue weighted by Crippen LogP contribution is 2.05. The normalized spacial score (nSPS) is 22.0. The summed E-state index contributed by atoms with van der Waals surface area (Å²) in [5.74, 6) is -0.105. The number of ether oxygens (including phenoxy) is 2. The minimum atomic E-state index is -0.105. The number of carbonyl (C=O) groups is 1. The third-order valence-electron chi connectivity index (χ3n) is 2.65. The summed E-state index contributed by atoms with van der Waals surface area (Å²) < 4.78 is 10.3. The highest BCUT2D eigenvalue weighted by molar-refractivity contribution is 5.69. The fourth-order valence-electron chi connectivity index (χ4n) is 1.81. The van der Waals surface area contributed by atoms with Crippen molar-refractivity contribution in [1.29, 1.82) is 0 Å². The van der Waals surface area contributed by atoms with Gasteiger partial charge in [0.15, 0.2) is 0 Å². The Hall–Kier alpha value is -0.650. The van der Waals surface area contributed by atoms with Crippen LogP contribution >= 0.6 is 0 Å². The zero-order chi connectivity index (χ0) is 11.8. The van der Waals surface area contributed by atoms with Crippen molar-refractivity contribution in [2.24, 2.45) is 5.73 Å². The van der Waals surface area contributed by atoms with Crippen LogP contribution < -0.4 is 5.73 Å². The lowest BCUT2D eigenvalue weighted by Crippen LogP contribution is -2.45. The van der Waals surface area contributed by atoms with Crippen molar-refractivity contribution in [3.63, 3.8) is 0 Å². The van der Waals surface area contributed by atoms with Gasteiger partial charge in [0.05, 0.1) is 19.3 Å². The first-order valence-electron chi connectivity index (χ1n) is 5.96. The summed E-state index contributed by atoms with van der Waals surface area (Å²) >= 11 is 0. The monoisotopic (exact) mass is 230 g/mol. The minimum absolute atomic E-state index is 0.105. The van der Waals surface area contributed by atoms with Gasteiger partial charge in [-0.15, -0.1) is 0 Å². The molecule has 1 fully saturated rings. The molecule has 2 N–H and O–H groups in total. The fourth-order valence-corrected chi connectivity index (χ4v) is 1.81. The van der Waals surface area contributed by atoms with Crippen molar-refractivity contribution >= 4 is 5.97 Å². The molecular formula is C11H22N2O3. The molecule has 0 unspecified atom stereocenters. The van der Waals surface area contributed by atoms with Crippen LogP contribution in [0.5, 0.6) is 0 Å². The lowest BCUT2D eigenvalue weighted by atomic mass is 10.2. The summed E-state index contributed by atoms with van der Waals surface area (Å²) in [6.45, 7) is 6.31. The Morgan fingerprint density at radius 3 is 3.12 bits per heavy atom. The molecule has 1 atom stereocenters. The molecule has 1 heterocycles. The lowest BCUT2D eigenvalue weighted by Gasteiger charge is -2.32. The van der Waals surface area contributed by atoms with Crippen LogP contribution in [0, 0.1) is 0 Å². The Bertz CT molecular complexity index is 211. The summed E-state index contributed by atoms with van der Waals surface area (Å²) in [6, 6.07) is 0. The van der Waals surface area contributed by atoms with Crippen molar-refractivity contribution in [3.8, 4) is 0 Å². The Morgan fingerprint density at radius 1 is 1.62 bits per heavy atom. The second-order valence-corrected chi connectivity index (χ2v) is 3.94. The molecule has 1 rings (SSSR count). The van der Waals surface area contributed by atoms with E-state index in [-0.39, 0.29) is 12.1 Å². The van der Waals surface area contributed by atoms with E-state index in [9.17, 15) is 4.79 Å². The predicted octanol–water partition coefficient (Wildman–Crippen LogP) is -0.0108. The average Bonchev–Trinajstić information content (AvgIpc) is 2.30. The quantitative estimate of drug-likeness (QED) is 0.650. The van der Waals surface area contributed by atoms with Crippen molar-refractivity contribution < 1.29 is 14.3 Å². The van der Waals surface area contributed by atoms with Gasteiger partial charge in [-0.2, -0.15) is 0 Å². The summed E-state index contributed by atoms with van der Waals surface area (Å²) in [5, 5.41) is 0. The predicted molar refractivity (Wildman–Crippen MR) is 61.1 cm³/mol. The van der Waals surface area contributed by atoms with Crippen LogP contribution in [-0.2, 0) is 14.3 Å². The second kappa shape index (κ2) is 7.60. The lowest BCUT2D eigenvalue weighted by molar-refractivity contribution is -0.143. The SMILES string of the molecule is CCOC(=O)CCCN1CCO[C@H](CN)C1. The number of hydrogen-bond donors (Lipinski definition) is 1. The molecule has 1 saturated heterocycles. The van der Waals surface area contributed by atoms with Gasteiger partial charge in [0, 0.05) is 26.1 Å². The van der Waals surface area contributed by atoms with Crippen molar-refractivity contribution in [3.05, 3.63) is 0 Å². The molecule has 5 nitrogen and oxygen atoms in total.